The van der Waals surface area contributed by atoms with E-state index in [1.807, 2.05) is 0 Å². The number of pyridine rings is 1. The highest BCUT2D eigenvalue weighted by atomic mass is 16.3. The van der Waals surface area contributed by atoms with E-state index in [9.17, 15) is 9.59 Å². The van der Waals surface area contributed by atoms with E-state index < -0.39 is 11.8 Å². The first kappa shape index (κ1) is 13.5. The van der Waals surface area contributed by atoms with Gasteiger partial charge in [-0.3, -0.25) is 14.6 Å². The summed E-state index contributed by atoms with van der Waals surface area (Å²) in [5, 5.41) is 6.08. The number of hydrogen-bond acceptors (Lipinski definition) is 5. The fourth-order valence-corrected chi connectivity index (χ4v) is 1.33. The molecule has 2 heterocycles. The summed E-state index contributed by atoms with van der Waals surface area (Å²) in [6, 6.07) is 6.82. The van der Waals surface area contributed by atoms with E-state index in [0.717, 1.165) is 5.56 Å². The first-order chi connectivity index (χ1) is 9.75. The number of amides is 2. The van der Waals surface area contributed by atoms with Crippen LogP contribution in [-0.2, 0) is 16.1 Å². The van der Waals surface area contributed by atoms with Gasteiger partial charge in [0.25, 0.3) is 0 Å². The number of hydrogen-bond donors (Lipinski definition) is 2. The Balaban J connectivity index is 1.76. The van der Waals surface area contributed by atoms with Crippen molar-refractivity contribution in [1.82, 2.24) is 15.7 Å². The second kappa shape index (κ2) is 6.83. The van der Waals surface area contributed by atoms with E-state index in [0.29, 0.717) is 5.76 Å². The van der Waals surface area contributed by atoms with Crippen LogP contribution in [0.15, 0.2) is 52.4 Å². The van der Waals surface area contributed by atoms with Crippen molar-refractivity contribution in [3.05, 3.63) is 54.2 Å². The zero-order valence-corrected chi connectivity index (χ0v) is 10.4. The number of nitrogens with one attached hydrogen (secondary N) is 2. The highest BCUT2D eigenvalue weighted by molar-refractivity contribution is 6.35. The van der Waals surface area contributed by atoms with Crippen LogP contribution in [0.4, 0.5) is 0 Å². The van der Waals surface area contributed by atoms with Crippen LogP contribution in [0, 0.1) is 0 Å². The van der Waals surface area contributed by atoms with Gasteiger partial charge in [0.1, 0.15) is 5.76 Å². The Hall–Kier alpha value is -2.96. The molecular formula is C13H12N4O3. The van der Waals surface area contributed by atoms with E-state index in [1.165, 1.54) is 12.5 Å². The predicted molar refractivity (Wildman–Crippen MR) is 70.5 cm³/mol. The van der Waals surface area contributed by atoms with Crippen molar-refractivity contribution < 1.29 is 14.0 Å². The summed E-state index contributed by atoms with van der Waals surface area (Å²) >= 11 is 0. The van der Waals surface area contributed by atoms with Gasteiger partial charge in [0.2, 0.25) is 0 Å². The summed E-state index contributed by atoms with van der Waals surface area (Å²) in [6.45, 7) is 0.146. The lowest BCUT2D eigenvalue weighted by molar-refractivity contribution is -0.139. The molecule has 0 fully saturated rings. The van der Waals surface area contributed by atoms with Crippen molar-refractivity contribution in [3.8, 4) is 0 Å². The normalized spacial score (nSPS) is 10.4. The van der Waals surface area contributed by atoms with Crippen LogP contribution < -0.4 is 10.7 Å². The molecule has 20 heavy (non-hydrogen) atoms. The van der Waals surface area contributed by atoms with Crippen LogP contribution in [0.25, 0.3) is 0 Å². The van der Waals surface area contributed by atoms with Gasteiger partial charge in [-0.05, 0) is 29.8 Å². The standard InChI is InChI=1S/C13H12N4O3/c18-12(15-9-11-2-1-7-20-11)13(19)17-16-8-10-3-5-14-6-4-10/h1-8H,9H2,(H,15,18)(H,17,19). The van der Waals surface area contributed by atoms with Gasteiger partial charge in [-0.25, -0.2) is 5.43 Å². The molecule has 0 unspecified atom stereocenters. The van der Waals surface area contributed by atoms with Crippen LogP contribution in [0.5, 0.6) is 0 Å². The van der Waals surface area contributed by atoms with Crippen LogP contribution >= 0.6 is 0 Å². The van der Waals surface area contributed by atoms with E-state index >= 15 is 0 Å². The molecule has 7 heteroatoms. The molecule has 2 N–H and O–H groups in total. The van der Waals surface area contributed by atoms with Gasteiger partial charge in [0.05, 0.1) is 19.0 Å². The molecule has 0 aliphatic rings. The molecule has 0 radical (unpaired) electrons. The lowest BCUT2D eigenvalue weighted by atomic mass is 10.3. The first-order valence-electron chi connectivity index (χ1n) is 5.79. The van der Waals surface area contributed by atoms with Crippen molar-refractivity contribution >= 4 is 18.0 Å². The Morgan fingerprint density at radius 1 is 1.25 bits per heavy atom. The molecule has 0 bridgehead atoms. The molecule has 2 aromatic heterocycles. The fourth-order valence-electron chi connectivity index (χ4n) is 1.33. The summed E-state index contributed by atoms with van der Waals surface area (Å²) < 4.78 is 5.02. The molecule has 0 atom stereocenters. The van der Waals surface area contributed by atoms with E-state index in [1.54, 1.807) is 36.7 Å². The third-order valence-corrected chi connectivity index (χ3v) is 2.30. The van der Waals surface area contributed by atoms with Gasteiger partial charge in [-0.15, -0.1) is 0 Å². The van der Waals surface area contributed by atoms with Crippen LogP contribution in [-0.4, -0.2) is 23.0 Å². The van der Waals surface area contributed by atoms with Crippen LogP contribution in [0.1, 0.15) is 11.3 Å². The lowest BCUT2D eigenvalue weighted by Crippen LogP contribution is -2.37. The largest absolute Gasteiger partial charge is 0.467 e. The number of carbonyl (C=O) groups excluding carboxylic acids is 2. The summed E-state index contributed by atoms with van der Waals surface area (Å²) in [5.41, 5.74) is 2.89. The summed E-state index contributed by atoms with van der Waals surface area (Å²) in [6.07, 6.45) is 6.10. The minimum atomic E-state index is -0.845. The Kier molecular flexibility index (Phi) is 4.60. The smallest absolute Gasteiger partial charge is 0.329 e. The summed E-state index contributed by atoms with van der Waals surface area (Å²) in [5.74, 6) is -1.07. The summed E-state index contributed by atoms with van der Waals surface area (Å²) in [4.78, 5) is 26.7. The van der Waals surface area contributed by atoms with Crippen molar-refractivity contribution in [1.29, 1.82) is 0 Å². The maximum atomic E-state index is 11.4. The average molecular weight is 272 g/mol. The Labute approximate surface area is 114 Å². The second-order valence-electron chi connectivity index (χ2n) is 3.74. The highest BCUT2D eigenvalue weighted by Crippen LogP contribution is 1.98. The van der Waals surface area contributed by atoms with Crippen LogP contribution in [0.3, 0.4) is 0 Å². The van der Waals surface area contributed by atoms with Crippen molar-refractivity contribution in [2.75, 3.05) is 0 Å². The minimum absolute atomic E-state index is 0.146. The maximum absolute atomic E-state index is 11.4. The van der Waals surface area contributed by atoms with Gasteiger partial charge in [0, 0.05) is 12.4 Å². The molecule has 0 aliphatic carbocycles. The lowest BCUT2D eigenvalue weighted by Gasteiger charge is -2.01. The highest BCUT2D eigenvalue weighted by Gasteiger charge is 2.12. The van der Waals surface area contributed by atoms with Gasteiger partial charge in [-0.2, -0.15) is 5.10 Å². The molecule has 0 saturated carbocycles. The molecule has 102 valence electrons. The molecule has 7 nitrogen and oxygen atoms in total. The van der Waals surface area contributed by atoms with Crippen molar-refractivity contribution in [2.45, 2.75) is 6.54 Å². The first-order valence-corrected chi connectivity index (χ1v) is 5.79. The maximum Gasteiger partial charge on any atom is 0.329 e. The number of carbonyl (C=O) groups is 2. The molecule has 2 amide bonds. The third-order valence-electron chi connectivity index (χ3n) is 2.30. The monoisotopic (exact) mass is 272 g/mol. The molecule has 0 aliphatic heterocycles. The Morgan fingerprint density at radius 2 is 2.05 bits per heavy atom. The average Bonchev–Trinajstić information content (AvgIpc) is 2.99. The summed E-state index contributed by atoms with van der Waals surface area (Å²) in [7, 11) is 0. The molecule has 0 saturated heterocycles. The number of nitrogens with zero attached hydrogens (tertiary/aromatic N) is 2. The number of rotatable bonds is 4. The molecule has 0 spiro atoms. The van der Waals surface area contributed by atoms with E-state index in [4.69, 9.17) is 4.42 Å². The number of aromatic nitrogens is 1. The molecular weight excluding hydrogens is 260 g/mol. The zero-order valence-electron chi connectivity index (χ0n) is 10.4. The van der Waals surface area contributed by atoms with Crippen molar-refractivity contribution in [3.63, 3.8) is 0 Å². The number of hydrazone groups is 1. The zero-order chi connectivity index (χ0) is 14.2. The van der Waals surface area contributed by atoms with Crippen molar-refractivity contribution in [2.24, 2.45) is 5.10 Å². The van der Waals surface area contributed by atoms with Gasteiger partial charge in [-0.1, -0.05) is 0 Å². The minimum Gasteiger partial charge on any atom is -0.467 e. The Bertz CT molecular complexity index is 593. The molecule has 0 aromatic carbocycles. The SMILES string of the molecule is O=C(NCc1ccco1)C(=O)NN=Cc1ccncc1. The quantitative estimate of drug-likeness (QED) is 0.479. The topological polar surface area (TPSA) is 96.6 Å². The second-order valence-corrected chi connectivity index (χ2v) is 3.74. The van der Waals surface area contributed by atoms with Gasteiger partial charge < -0.3 is 9.73 Å². The van der Waals surface area contributed by atoms with E-state index in [2.05, 4.69) is 20.8 Å². The molecule has 2 aromatic rings. The van der Waals surface area contributed by atoms with Crippen LogP contribution in [0.2, 0.25) is 0 Å². The molecule has 2 rings (SSSR count). The van der Waals surface area contributed by atoms with Gasteiger partial charge in [0.15, 0.2) is 0 Å². The number of furan rings is 1. The van der Waals surface area contributed by atoms with Gasteiger partial charge >= 0.3 is 11.8 Å². The predicted octanol–water partition coefficient (Wildman–Crippen LogP) is 0.441. The third kappa shape index (κ3) is 4.05. The fraction of sp³-hybridized carbons (Fsp3) is 0.0769. The Morgan fingerprint density at radius 3 is 2.75 bits per heavy atom. The van der Waals surface area contributed by atoms with E-state index in [-0.39, 0.29) is 6.54 Å².